The molecule has 0 amide bonds. The van der Waals surface area contributed by atoms with Crippen LogP contribution >= 0.6 is 0 Å². The van der Waals surface area contributed by atoms with Crippen molar-refractivity contribution in [2.75, 3.05) is 0 Å². The molecule has 0 fully saturated rings. The summed E-state index contributed by atoms with van der Waals surface area (Å²) in [4.78, 5) is 10.9. The molecule has 0 heterocycles. The van der Waals surface area contributed by atoms with Crippen molar-refractivity contribution in [1.29, 1.82) is 0 Å². The molecule has 5 heteroatoms. The van der Waals surface area contributed by atoms with E-state index in [-0.39, 0.29) is 12.8 Å². The Hall–Kier alpha value is -1.52. The molecule has 18 heavy (non-hydrogen) atoms. The second-order valence-electron chi connectivity index (χ2n) is 4.38. The number of hydrogen-bond acceptors (Lipinski definition) is 1. The summed E-state index contributed by atoms with van der Waals surface area (Å²) in [6.45, 7) is 1.89. The summed E-state index contributed by atoms with van der Waals surface area (Å²) in [6.07, 6.45) is -5.62. The van der Waals surface area contributed by atoms with Gasteiger partial charge in [0.1, 0.15) is 0 Å². The van der Waals surface area contributed by atoms with Gasteiger partial charge in [0.25, 0.3) is 0 Å². The molecule has 2 nitrogen and oxygen atoms in total. The zero-order valence-corrected chi connectivity index (χ0v) is 10.00. The van der Waals surface area contributed by atoms with E-state index in [2.05, 4.69) is 0 Å². The molecule has 0 saturated carbocycles. The molecule has 1 rings (SSSR count). The molecule has 0 saturated heterocycles. The highest BCUT2D eigenvalue weighted by Crippen LogP contribution is 2.25. The van der Waals surface area contributed by atoms with Crippen LogP contribution in [0.5, 0.6) is 0 Å². The van der Waals surface area contributed by atoms with Crippen molar-refractivity contribution in [3.05, 3.63) is 35.4 Å². The summed E-state index contributed by atoms with van der Waals surface area (Å²) in [5.41, 5.74) is 1.77. The van der Waals surface area contributed by atoms with E-state index in [1.807, 2.05) is 19.1 Å². The summed E-state index contributed by atoms with van der Waals surface area (Å²) >= 11 is 0. The lowest BCUT2D eigenvalue weighted by Crippen LogP contribution is -2.20. The summed E-state index contributed by atoms with van der Waals surface area (Å²) in [6, 6.07) is 7.13. The lowest BCUT2D eigenvalue weighted by atomic mass is 9.94. The Labute approximate surface area is 103 Å². The van der Waals surface area contributed by atoms with Gasteiger partial charge in [0.15, 0.2) is 0 Å². The topological polar surface area (TPSA) is 37.3 Å². The molecule has 0 aliphatic rings. The van der Waals surface area contributed by atoms with E-state index in [1.54, 1.807) is 12.1 Å². The molecule has 0 aliphatic heterocycles. The van der Waals surface area contributed by atoms with Crippen LogP contribution in [0.15, 0.2) is 24.3 Å². The quantitative estimate of drug-likeness (QED) is 0.878. The lowest BCUT2D eigenvalue weighted by molar-refractivity contribution is -0.148. The molecular formula is C13H15F3O2. The zero-order valence-electron chi connectivity index (χ0n) is 10.00. The molecule has 0 spiro atoms. The van der Waals surface area contributed by atoms with E-state index in [4.69, 9.17) is 5.11 Å². The van der Waals surface area contributed by atoms with E-state index in [0.29, 0.717) is 0 Å². The zero-order chi connectivity index (χ0) is 13.8. The Balaban J connectivity index is 2.63. The summed E-state index contributed by atoms with van der Waals surface area (Å²) < 4.78 is 36.2. The van der Waals surface area contributed by atoms with Crippen LogP contribution in [-0.4, -0.2) is 17.3 Å². The highest BCUT2D eigenvalue weighted by atomic mass is 19.4. The van der Waals surface area contributed by atoms with Crippen molar-refractivity contribution in [2.45, 2.75) is 32.4 Å². The monoisotopic (exact) mass is 260 g/mol. The maximum atomic E-state index is 12.1. The molecular weight excluding hydrogens is 245 g/mol. The molecule has 0 aliphatic carbocycles. The number of carbonyl (C=O) groups is 1. The fourth-order valence-electron chi connectivity index (χ4n) is 1.66. The predicted octanol–water partition coefficient (Wildman–Crippen LogP) is 3.58. The first-order chi connectivity index (χ1) is 8.28. The Kier molecular flexibility index (Phi) is 4.76. The number of aryl methyl sites for hydroxylation is 1. The normalized spacial score (nSPS) is 13.3. The van der Waals surface area contributed by atoms with Crippen molar-refractivity contribution in [3.63, 3.8) is 0 Å². The molecule has 100 valence electrons. The average Bonchev–Trinajstić information content (AvgIpc) is 2.25. The number of benzene rings is 1. The fraction of sp³-hybridized carbons (Fsp3) is 0.462. The third-order valence-electron chi connectivity index (χ3n) is 2.73. The number of hydrogen-bond donors (Lipinski definition) is 1. The minimum Gasteiger partial charge on any atom is -0.481 e. The molecule has 1 N–H and O–H groups in total. The molecule has 0 radical (unpaired) electrons. The minimum atomic E-state index is -4.30. The van der Waals surface area contributed by atoms with E-state index in [0.717, 1.165) is 11.1 Å². The van der Waals surface area contributed by atoms with Gasteiger partial charge in [0, 0.05) is 6.42 Å². The van der Waals surface area contributed by atoms with Gasteiger partial charge in [-0.15, -0.1) is 0 Å². The van der Waals surface area contributed by atoms with Crippen LogP contribution in [0.4, 0.5) is 13.2 Å². The van der Waals surface area contributed by atoms with Crippen molar-refractivity contribution in [1.82, 2.24) is 0 Å². The van der Waals surface area contributed by atoms with Crippen LogP contribution in [0, 0.1) is 12.8 Å². The fourth-order valence-corrected chi connectivity index (χ4v) is 1.66. The lowest BCUT2D eigenvalue weighted by Gasteiger charge is -2.13. The van der Waals surface area contributed by atoms with Gasteiger partial charge >= 0.3 is 12.1 Å². The van der Waals surface area contributed by atoms with Crippen molar-refractivity contribution >= 4 is 5.97 Å². The first-order valence-electron chi connectivity index (χ1n) is 5.63. The second-order valence-corrected chi connectivity index (χ2v) is 4.38. The first-order valence-corrected chi connectivity index (χ1v) is 5.63. The summed E-state index contributed by atoms with van der Waals surface area (Å²) in [5.74, 6) is -2.17. The summed E-state index contributed by atoms with van der Waals surface area (Å²) in [5, 5.41) is 8.92. The Morgan fingerprint density at radius 3 is 2.28 bits per heavy atom. The Bertz CT molecular complexity index is 396. The SMILES string of the molecule is Cc1ccc(CC(CCC(F)(F)F)C(=O)O)cc1. The molecule has 1 unspecified atom stereocenters. The molecule has 0 aromatic heterocycles. The third kappa shape index (κ3) is 5.21. The van der Waals surface area contributed by atoms with Crippen LogP contribution in [-0.2, 0) is 11.2 Å². The molecule has 0 bridgehead atoms. The summed E-state index contributed by atoms with van der Waals surface area (Å²) in [7, 11) is 0. The van der Waals surface area contributed by atoms with Gasteiger partial charge in [-0.1, -0.05) is 29.8 Å². The van der Waals surface area contributed by atoms with Crippen LogP contribution in [0.3, 0.4) is 0 Å². The predicted molar refractivity (Wildman–Crippen MR) is 61.3 cm³/mol. The number of alkyl halides is 3. The first kappa shape index (κ1) is 14.5. The maximum Gasteiger partial charge on any atom is 0.389 e. The van der Waals surface area contributed by atoms with Crippen molar-refractivity contribution in [3.8, 4) is 0 Å². The smallest absolute Gasteiger partial charge is 0.389 e. The molecule has 1 atom stereocenters. The number of halogens is 3. The largest absolute Gasteiger partial charge is 0.481 e. The van der Waals surface area contributed by atoms with E-state index < -0.39 is 24.5 Å². The van der Waals surface area contributed by atoms with E-state index in [9.17, 15) is 18.0 Å². The van der Waals surface area contributed by atoms with Gasteiger partial charge in [-0.25, -0.2) is 0 Å². The van der Waals surface area contributed by atoms with Crippen LogP contribution < -0.4 is 0 Å². The van der Waals surface area contributed by atoms with Crippen LogP contribution in [0.2, 0.25) is 0 Å². The average molecular weight is 260 g/mol. The highest BCUT2D eigenvalue weighted by Gasteiger charge is 2.30. The standard InChI is InChI=1S/C13H15F3O2/c1-9-2-4-10(5-3-9)8-11(12(17)18)6-7-13(14,15)16/h2-5,11H,6-8H2,1H3,(H,17,18). The van der Waals surface area contributed by atoms with Gasteiger partial charge in [-0.3, -0.25) is 4.79 Å². The number of carboxylic acids is 1. The van der Waals surface area contributed by atoms with E-state index >= 15 is 0 Å². The molecule has 1 aromatic rings. The van der Waals surface area contributed by atoms with E-state index in [1.165, 1.54) is 0 Å². The third-order valence-corrected chi connectivity index (χ3v) is 2.73. The van der Waals surface area contributed by atoms with Crippen molar-refractivity contribution < 1.29 is 23.1 Å². The number of aliphatic carboxylic acids is 1. The van der Waals surface area contributed by atoms with Gasteiger partial charge in [0.05, 0.1) is 5.92 Å². The Morgan fingerprint density at radius 2 is 1.83 bits per heavy atom. The van der Waals surface area contributed by atoms with Gasteiger partial charge < -0.3 is 5.11 Å². The Morgan fingerprint density at radius 1 is 1.28 bits per heavy atom. The second kappa shape index (κ2) is 5.89. The number of rotatable bonds is 5. The van der Waals surface area contributed by atoms with Crippen molar-refractivity contribution in [2.24, 2.45) is 5.92 Å². The van der Waals surface area contributed by atoms with Gasteiger partial charge in [-0.2, -0.15) is 13.2 Å². The number of carboxylic acid groups (broad SMARTS) is 1. The molecule has 1 aromatic carbocycles. The minimum absolute atomic E-state index is 0.131. The van der Waals surface area contributed by atoms with Gasteiger partial charge in [-0.05, 0) is 25.3 Å². The van der Waals surface area contributed by atoms with Crippen LogP contribution in [0.25, 0.3) is 0 Å². The highest BCUT2D eigenvalue weighted by molar-refractivity contribution is 5.70. The van der Waals surface area contributed by atoms with Gasteiger partial charge in [0.2, 0.25) is 0 Å². The maximum absolute atomic E-state index is 12.1. The van der Waals surface area contributed by atoms with Crippen LogP contribution in [0.1, 0.15) is 24.0 Å².